The fraction of sp³-hybridized carbons (Fsp3) is 0.143. The van der Waals surface area contributed by atoms with Crippen LogP contribution < -0.4 is 20.1 Å². The van der Waals surface area contributed by atoms with Crippen LogP contribution in [0.3, 0.4) is 0 Å². The molecule has 0 N–H and O–H groups in total. The summed E-state index contributed by atoms with van der Waals surface area (Å²) in [7, 11) is 10.3. The van der Waals surface area contributed by atoms with E-state index in [1.165, 1.54) is 10.6 Å². The summed E-state index contributed by atoms with van der Waals surface area (Å²) in [5, 5.41) is 2.53. The molecule has 0 aromatic heterocycles. The molecule has 20 heavy (non-hydrogen) atoms. The smallest absolute Gasteiger partial charge is 0.127 e. The summed E-state index contributed by atoms with van der Waals surface area (Å²) in [6, 6.07) is 12.4. The van der Waals surface area contributed by atoms with Crippen molar-refractivity contribution in [1.29, 1.82) is 0 Å². The number of ether oxygens (including phenoxy) is 2. The predicted octanol–water partition coefficient (Wildman–Crippen LogP) is 3.56. The van der Waals surface area contributed by atoms with E-state index in [-0.39, 0.29) is 0 Å². The highest BCUT2D eigenvalue weighted by atomic mass is 32.0. The third kappa shape index (κ3) is 3.16. The van der Waals surface area contributed by atoms with Gasteiger partial charge < -0.3 is 9.47 Å². The topological polar surface area (TPSA) is 18.5 Å². The fourth-order valence-corrected chi connectivity index (χ4v) is 4.77. The molecule has 2 rings (SSSR count). The van der Waals surface area contributed by atoms with E-state index in [4.69, 9.17) is 9.47 Å². The van der Waals surface area contributed by atoms with Crippen molar-refractivity contribution in [3.63, 3.8) is 0 Å². The monoisotopic (exact) mass is 342 g/mol. The van der Waals surface area contributed by atoms with Crippen LogP contribution in [0, 0.1) is 0 Å². The molecule has 0 fully saturated rings. The van der Waals surface area contributed by atoms with E-state index < -0.39 is 0 Å². The van der Waals surface area contributed by atoms with Crippen LogP contribution in [-0.2, 0) is 0 Å². The molecule has 2 aromatic rings. The normalized spacial score (nSPS) is 11.6. The molecule has 4 atom stereocenters. The molecule has 0 aliphatic heterocycles. The van der Waals surface area contributed by atoms with Crippen molar-refractivity contribution in [2.24, 2.45) is 0 Å². The van der Waals surface area contributed by atoms with Gasteiger partial charge in [0.05, 0.1) is 14.2 Å². The van der Waals surface area contributed by atoms with E-state index in [1.54, 1.807) is 14.2 Å². The molecule has 0 spiro atoms. The van der Waals surface area contributed by atoms with Crippen molar-refractivity contribution in [2.75, 3.05) is 14.2 Å². The van der Waals surface area contributed by atoms with Crippen LogP contribution >= 0.6 is 34.4 Å². The van der Waals surface area contributed by atoms with Gasteiger partial charge >= 0.3 is 0 Å². The summed E-state index contributed by atoms with van der Waals surface area (Å²) in [6.07, 6.45) is 0. The van der Waals surface area contributed by atoms with Gasteiger partial charge in [0.1, 0.15) is 11.5 Å². The predicted molar refractivity (Wildman–Crippen MR) is 100 cm³/mol. The first-order chi connectivity index (χ1) is 9.76. The first-order valence-corrected chi connectivity index (χ1v) is 11.7. The lowest BCUT2D eigenvalue weighted by Crippen LogP contribution is -2.09. The lowest BCUT2D eigenvalue weighted by Gasteiger charge is -2.18. The van der Waals surface area contributed by atoms with Crippen molar-refractivity contribution in [2.45, 2.75) is 0 Å². The summed E-state index contributed by atoms with van der Waals surface area (Å²) in [5.41, 5.74) is 2.29. The van der Waals surface area contributed by atoms with Crippen LogP contribution in [0.5, 0.6) is 11.5 Å². The van der Waals surface area contributed by atoms with Gasteiger partial charge in [-0.3, -0.25) is 0 Å². The number of hydrogen-bond acceptors (Lipinski definition) is 2. The van der Waals surface area contributed by atoms with Gasteiger partial charge in [-0.2, -0.15) is 0 Å². The maximum atomic E-state index is 5.58. The van der Waals surface area contributed by atoms with E-state index in [2.05, 4.69) is 30.0 Å². The van der Waals surface area contributed by atoms with Gasteiger partial charge in [-0.15, -0.1) is 17.9 Å². The van der Waals surface area contributed by atoms with Crippen LogP contribution in [0.25, 0.3) is 11.1 Å². The molecule has 0 radical (unpaired) electrons. The van der Waals surface area contributed by atoms with Crippen LogP contribution in [0.1, 0.15) is 0 Å². The maximum Gasteiger partial charge on any atom is 0.127 e. The molecule has 0 amide bonds. The Kier molecular flexibility index (Phi) is 6.20. The Morgan fingerprint density at radius 2 is 1.15 bits per heavy atom. The van der Waals surface area contributed by atoms with Gasteiger partial charge in [-0.05, 0) is 22.7 Å². The average Bonchev–Trinajstić information content (AvgIpc) is 2.52. The lowest BCUT2D eigenvalue weighted by molar-refractivity contribution is 0.411. The average molecular weight is 342 g/mol. The molecule has 4 unspecified atom stereocenters. The van der Waals surface area contributed by atoms with Gasteiger partial charge in [-0.25, -0.2) is 0 Å². The molecular formula is C14H18O2P4. The first kappa shape index (κ1) is 16.1. The Bertz CT molecular complexity index is 504. The molecule has 0 aliphatic carbocycles. The zero-order chi connectivity index (χ0) is 14.5. The van der Waals surface area contributed by atoms with Gasteiger partial charge in [0.15, 0.2) is 0 Å². The SMILES string of the molecule is COc1cccc(PP)c1-c1c(OC)cccc1PP. The molecule has 0 saturated carbocycles. The quantitative estimate of drug-likeness (QED) is 0.774. The largest absolute Gasteiger partial charge is 0.496 e. The fourth-order valence-electron chi connectivity index (χ4n) is 2.16. The highest BCUT2D eigenvalue weighted by Crippen LogP contribution is 2.41. The summed E-state index contributed by atoms with van der Waals surface area (Å²) >= 11 is 0. The number of methoxy groups -OCH3 is 2. The number of hydrogen-bond donors (Lipinski definition) is 0. The third-order valence-corrected chi connectivity index (χ3v) is 6.37. The van der Waals surface area contributed by atoms with Crippen molar-refractivity contribution >= 4 is 45.0 Å². The second kappa shape index (κ2) is 7.68. The molecule has 0 bridgehead atoms. The molecule has 2 nitrogen and oxygen atoms in total. The highest BCUT2D eigenvalue weighted by molar-refractivity contribution is 8.07. The van der Waals surface area contributed by atoms with Crippen LogP contribution in [0.15, 0.2) is 36.4 Å². The van der Waals surface area contributed by atoms with E-state index in [0.29, 0.717) is 16.5 Å². The maximum absolute atomic E-state index is 5.58. The summed E-state index contributed by atoms with van der Waals surface area (Å²) in [4.78, 5) is 0. The Morgan fingerprint density at radius 3 is 1.45 bits per heavy atom. The van der Waals surface area contributed by atoms with Crippen molar-refractivity contribution in [3.8, 4) is 22.6 Å². The van der Waals surface area contributed by atoms with E-state index in [0.717, 1.165) is 22.6 Å². The third-order valence-electron chi connectivity index (χ3n) is 3.05. The molecule has 6 heteroatoms. The van der Waals surface area contributed by atoms with Gasteiger partial charge in [0, 0.05) is 11.1 Å². The van der Waals surface area contributed by atoms with Crippen LogP contribution in [-0.4, -0.2) is 14.2 Å². The van der Waals surface area contributed by atoms with E-state index in [9.17, 15) is 0 Å². The van der Waals surface area contributed by atoms with Gasteiger partial charge in [0.25, 0.3) is 0 Å². The van der Waals surface area contributed by atoms with E-state index >= 15 is 0 Å². The minimum atomic E-state index is 0.627. The second-order valence-corrected chi connectivity index (χ2v) is 7.44. The molecule has 0 aliphatic rings. The molecule has 106 valence electrons. The summed E-state index contributed by atoms with van der Waals surface area (Å²) < 4.78 is 11.2. The standard InChI is InChI=1S/C14H18O2P4/c1-15-9-5-3-7-11(19-17)13(9)14-10(16-2)6-4-8-12(14)20-18/h3-8,19-20H,17-18H2,1-2H3. The lowest BCUT2D eigenvalue weighted by atomic mass is 10.0. The summed E-state index contributed by atoms with van der Waals surface area (Å²) in [6.45, 7) is 0. The van der Waals surface area contributed by atoms with Crippen LogP contribution in [0.4, 0.5) is 0 Å². The number of benzene rings is 2. The van der Waals surface area contributed by atoms with Crippen molar-refractivity contribution < 1.29 is 9.47 Å². The second-order valence-electron chi connectivity index (χ2n) is 4.05. The molecule has 0 heterocycles. The van der Waals surface area contributed by atoms with Gasteiger partial charge in [-0.1, -0.05) is 40.8 Å². The Morgan fingerprint density at radius 1 is 0.750 bits per heavy atom. The number of rotatable bonds is 5. The van der Waals surface area contributed by atoms with Crippen molar-refractivity contribution in [3.05, 3.63) is 36.4 Å². The minimum absolute atomic E-state index is 0.627. The van der Waals surface area contributed by atoms with Gasteiger partial charge in [0.2, 0.25) is 0 Å². The molecule has 0 saturated heterocycles. The zero-order valence-corrected chi connectivity index (χ0v) is 15.7. The Labute approximate surface area is 128 Å². The molecular weight excluding hydrogens is 324 g/mol. The van der Waals surface area contributed by atoms with E-state index in [1.807, 2.05) is 24.3 Å². The Balaban J connectivity index is 2.79. The van der Waals surface area contributed by atoms with Crippen molar-refractivity contribution in [1.82, 2.24) is 0 Å². The first-order valence-electron chi connectivity index (χ1n) is 6.04. The molecule has 2 aromatic carbocycles. The highest BCUT2D eigenvalue weighted by Gasteiger charge is 2.18. The minimum Gasteiger partial charge on any atom is -0.496 e. The Hall–Kier alpha value is -0.240. The zero-order valence-electron chi connectivity index (χ0n) is 11.4. The van der Waals surface area contributed by atoms with Crippen LogP contribution in [0.2, 0.25) is 0 Å². The summed E-state index contributed by atoms with van der Waals surface area (Å²) in [5.74, 6) is 1.79.